The van der Waals surface area contributed by atoms with Gasteiger partial charge in [0, 0.05) is 30.1 Å². The number of rotatable bonds is 8. The molecule has 4 heterocycles. The highest BCUT2D eigenvalue weighted by Gasteiger charge is 2.34. The zero-order valence-electron chi connectivity index (χ0n) is 21.4. The molecule has 3 aromatic heterocycles. The molecule has 0 spiro atoms. The van der Waals surface area contributed by atoms with Crippen LogP contribution in [0.25, 0.3) is 21.9 Å². The Morgan fingerprint density at radius 3 is 2.44 bits per heavy atom. The lowest BCUT2D eigenvalue weighted by molar-refractivity contribution is 0.0552. The van der Waals surface area contributed by atoms with Crippen LogP contribution in [0.4, 0.5) is 5.82 Å². The van der Waals surface area contributed by atoms with Crippen LogP contribution in [0.2, 0.25) is 0 Å². The largest absolute Gasteiger partial charge is 0.381 e. The van der Waals surface area contributed by atoms with E-state index in [-0.39, 0.29) is 34.3 Å². The fourth-order valence-electron chi connectivity index (χ4n) is 5.61. The number of benzene rings is 1. The zero-order valence-corrected chi connectivity index (χ0v) is 24.6. The number of pyridine rings is 2. The molecule has 12 heteroatoms. The van der Waals surface area contributed by atoms with Gasteiger partial charge in [0.25, 0.3) is 0 Å². The van der Waals surface area contributed by atoms with Crippen molar-refractivity contribution in [3.63, 3.8) is 0 Å². The number of aromatic nitrogens is 3. The molecule has 1 N–H and O–H groups in total. The van der Waals surface area contributed by atoms with Gasteiger partial charge < -0.3 is 9.30 Å². The molecule has 9 nitrogen and oxygen atoms in total. The highest BCUT2D eigenvalue weighted by Crippen LogP contribution is 2.44. The van der Waals surface area contributed by atoms with E-state index in [0.29, 0.717) is 35.2 Å². The van der Waals surface area contributed by atoms with E-state index >= 15 is 0 Å². The summed E-state index contributed by atoms with van der Waals surface area (Å²) in [5.74, 6) is 0.390. The second-order valence-electron chi connectivity index (χ2n) is 10.5. The predicted molar refractivity (Wildman–Crippen MR) is 154 cm³/mol. The maximum Gasteiger partial charge on any atom is 0.234 e. The first-order chi connectivity index (χ1) is 18.6. The molecular formula is C27H29BrN4O5S2. The average molecular weight is 634 g/mol. The minimum atomic E-state index is -3.75. The van der Waals surface area contributed by atoms with Gasteiger partial charge in [0.05, 0.1) is 39.9 Å². The molecule has 0 bridgehead atoms. The topological polar surface area (TPSA) is 120 Å². The van der Waals surface area contributed by atoms with Crippen molar-refractivity contribution in [2.45, 2.75) is 36.6 Å². The number of hydrogen-bond acceptors (Lipinski definition) is 7. The first-order valence-electron chi connectivity index (χ1n) is 12.9. The van der Waals surface area contributed by atoms with Gasteiger partial charge in [-0.15, -0.1) is 0 Å². The Labute approximate surface area is 236 Å². The summed E-state index contributed by atoms with van der Waals surface area (Å²) in [6, 6.07) is 11.7. The number of fused-ring (bicyclic) bond motifs is 3. The zero-order chi connectivity index (χ0) is 27.4. The summed E-state index contributed by atoms with van der Waals surface area (Å²) in [6.45, 7) is 1.22. The molecule has 6 rings (SSSR count). The monoisotopic (exact) mass is 632 g/mol. The highest BCUT2D eigenvalue weighted by molar-refractivity contribution is 9.10. The second kappa shape index (κ2) is 10.1. The van der Waals surface area contributed by atoms with Crippen LogP contribution in [0.5, 0.6) is 0 Å². The normalized spacial score (nSPS) is 18.0. The molecule has 4 aromatic rings. The minimum Gasteiger partial charge on any atom is -0.381 e. The number of sulfonamides is 1. The van der Waals surface area contributed by atoms with E-state index in [1.165, 1.54) is 6.20 Å². The van der Waals surface area contributed by atoms with Crippen molar-refractivity contribution in [1.29, 1.82) is 0 Å². The van der Waals surface area contributed by atoms with E-state index in [4.69, 9.17) is 4.74 Å². The molecular weight excluding hydrogens is 604 g/mol. The molecule has 1 atom stereocenters. The van der Waals surface area contributed by atoms with Gasteiger partial charge in [-0.3, -0.25) is 9.71 Å². The molecule has 1 aliphatic carbocycles. The van der Waals surface area contributed by atoms with Crippen LogP contribution in [-0.4, -0.2) is 56.6 Å². The fraction of sp³-hybridized carbons (Fsp3) is 0.407. The van der Waals surface area contributed by atoms with Gasteiger partial charge >= 0.3 is 0 Å². The molecule has 2 aliphatic rings. The van der Waals surface area contributed by atoms with Gasteiger partial charge in [0.1, 0.15) is 4.90 Å². The Morgan fingerprint density at radius 2 is 1.77 bits per heavy atom. The Kier molecular flexibility index (Phi) is 6.93. The number of nitrogens with one attached hydrogen (secondary N) is 1. The standard InChI is InChI=1S/C27H29BrN4O5S2/c1-38(33,34)22-15-30-27(31-39(35,36)16-17-7-8-17)23-24-21(13-20(28)14-29-24)32(26(22)23)25(18-5-3-2-4-6-18)19-9-11-37-12-10-19/h2-6,13-15,17,19,25H,7-12,16H2,1H3,(H,30,31)/t25-/m1/s1. The summed E-state index contributed by atoms with van der Waals surface area (Å²) in [4.78, 5) is 9.07. The lowest BCUT2D eigenvalue weighted by Crippen LogP contribution is -2.27. The van der Waals surface area contributed by atoms with Gasteiger partial charge in [0.2, 0.25) is 10.0 Å². The van der Waals surface area contributed by atoms with Crippen LogP contribution in [0, 0.1) is 11.8 Å². The predicted octanol–water partition coefficient (Wildman–Crippen LogP) is 4.92. The van der Waals surface area contributed by atoms with E-state index in [9.17, 15) is 16.8 Å². The smallest absolute Gasteiger partial charge is 0.234 e. The quantitative estimate of drug-likeness (QED) is 0.293. The van der Waals surface area contributed by atoms with Crippen LogP contribution in [0.15, 0.2) is 58.2 Å². The van der Waals surface area contributed by atoms with Crippen molar-refractivity contribution in [1.82, 2.24) is 14.5 Å². The van der Waals surface area contributed by atoms with E-state index < -0.39 is 19.9 Å². The number of halogens is 1. The number of nitrogens with zero attached hydrogens (tertiary/aromatic N) is 3. The van der Waals surface area contributed by atoms with E-state index in [1.807, 2.05) is 41.0 Å². The van der Waals surface area contributed by atoms with Crippen molar-refractivity contribution in [3.8, 4) is 0 Å². The maximum absolute atomic E-state index is 13.2. The summed E-state index contributed by atoms with van der Waals surface area (Å²) < 4.78 is 63.6. The summed E-state index contributed by atoms with van der Waals surface area (Å²) in [5, 5.41) is 0.382. The molecule has 0 unspecified atom stereocenters. The summed E-state index contributed by atoms with van der Waals surface area (Å²) >= 11 is 3.54. The van der Waals surface area contributed by atoms with Gasteiger partial charge in [-0.1, -0.05) is 30.3 Å². The van der Waals surface area contributed by atoms with Gasteiger partial charge in [0.15, 0.2) is 15.7 Å². The molecule has 1 aromatic carbocycles. The molecule has 1 saturated carbocycles. The second-order valence-corrected chi connectivity index (χ2v) is 15.2. The van der Waals surface area contributed by atoms with Gasteiger partial charge in [-0.05, 0) is 65.1 Å². The van der Waals surface area contributed by atoms with Gasteiger partial charge in [-0.2, -0.15) is 0 Å². The van der Waals surface area contributed by atoms with Crippen molar-refractivity contribution in [2.24, 2.45) is 11.8 Å². The molecule has 1 aliphatic heterocycles. The molecule has 0 radical (unpaired) electrons. The third-order valence-electron chi connectivity index (χ3n) is 7.52. The Hall–Kier alpha value is -2.54. The van der Waals surface area contributed by atoms with Crippen molar-refractivity contribution >= 4 is 63.5 Å². The number of ether oxygens (including phenoxy) is 1. The van der Waals surface area contributed by atoms with Crippen molar-refractivity contribution < 1.29 is 21.6 Å². The maximum atomic E-state index is 13.2. The lowest BCUT2D eigenvalue weighted by atomic mass is 9.86. The van der Waals surface area contributed by atoms with Crippen molar-refractivity contribution in [2.75, 3.05) is 29.9 Å². The van der Waals surface area contributed by atoms with Crippen LogP contribution in [0.1, 0.15) is 37.3 Å². The summed E-state index contributed by atoms with van der Waals surface area (Å²) in [6.07, 6.45) is 7.41. The van der Waals surface area contributed by atoms with Crippen LogP contribution in [0.3, 0.4) is 0 Å². The Morgan fingerprint density at radius 1 is 1.05 bits per heavy atom. The number of anilines is 1. The van der Waals surface area contributed by atoms with E-state index in [2.05, 4.69) is 30.6 Å². The summed E-state index contributed by atoms with van der Waals surface area (Å²) in [5.41, 5.74) is 2.61. The third kappa shape index (κ3) is 5.31. The van der Waals surface area contributed by atoms with Crippen LogP contribution in [-0.2, 0) is 24.6 Å². The summed E-state index contributed by atoms with van der Waals surface area (Å²) in [7, 11) is -7.45. The lowest BCUT2D eigenvalue weighted by Gasteiger charge is -2.33. The SMILES string of the molecule is CS(=O)(=O)c1cnc(NS(=O)(=O)CC2CC2)c2c3ncc(Br)cc3n([C@H](c3ccccc3)C3CCOCC3)c12. The average Bonchev–Trinajstić information content (AvgIpc) is 3.64. The van der Waals surface area contributed by atoms with E-state index in [0.717, 1.165) is 42.0 Å². The molecule has 39 heavy (non-hydrogen) atoms. The van der Waals surface area contributed by atoms with E-state index in [1.54, 1.807) is 6.20 Å². The number of sulfone groups is 1. The van der Waals surface area contributed by atoms with Crippen LogP contribution < -0.4 is 4.72 Å². The first-order valence-corrected chi connectivity index (χ1v) is 17.3. The number of hydrogen-bond donors (Lipinski definition) is 1. The first kappa shape index (κ1) is 26.7. The van der Waals surface area contributed by atoms with Crippen molar-refractivity contribution in [3.05, 3.63) is 58.8 Å². The Bertz CT molecular complexity index is 1760. The molecule has 206 valence electrons. The van der Waals surface area contributed by atoms with Gasteiger partial charge in [-0.25, -0.2) is 21.8 Å². The molecule has 0 amide bonds. The van der Waals surface area contributed by atoms with Crippen LogP contribution >= 0.6 is 15.9 Å². The Balaban J connectivity index is 1.70. The molecule has 2 fully saturated rings. The third-order valence-corrected chi connectivity index (χ3v) is 10.5. The highest BCUT2D eigenvalue weighted by atomic mass is 79.9. The molecule has 1 saturated heterocycles. The minimum absolute atomic E-state index is 0.0103. The fourth-order valence-corrected chi connectivity index (χ4v) is 8.21.